The first-order valence-corrected chi connectivity index (χ1v) is 14.9. The molecule has 0 radical (unpaired) electrons. The van der Waals surface area contributed by atoms with E-state index in [9.17, 15) is 14.7 Å². The first-order chi connectivity index (χ1) is 20.1. The van der Waals surface area contributed by atoms with E-state index >= 15 is 0 Å². The molecule has 4 aromatic rings. The molecule has 3 aromatic heterocycles. The van der Waals surface area contributed by atoms with Crippen molar-refractivity contribution in [1.82, 2.24) is 29.0 Å². The number of hydrogen-bond donors (Lipinski definition) is 1. The molecule has 0 spiro atoms. The minimum atomic E-state index is -0.946. The zero-order chi connectivity index (χ0) is 29.5. The lowest BCUT2D eigenvalue weighted by Gasteiger charge is -2.40. The van der Waals surface area contributed by atoms with Crippen molar-refractivity contribution in [3.8, 4) is 17.3 Å². The van der Waals surface area contributed by atoms with Gasteiger partial charge >= 0.3 is 6.09 Å². The van der Waals surface area contributed by atoms with Crippen LogP contribution in [0.15, 0.2) is 36.5 Å². The number of hydrogen-bond acceptors (Lipinski definition) is 5. The Morgan fingerprint density at radius 1 is 1.14 bits per heavy atom. The molecule has 2 saturated carbocycles. The summed E-state index contributed by atoms with van der Waals surface area (Å²) < 4.78 is 9.84. The average Bonchev–Trinajstić information content (AvgIpc) is 3.27. The quantitative estimate of drug-likeness (QED) is 0.330. The molecule has 3 fully saturated rings. The largest absolute Gasteiger partial charge is 0.479 e. The minimum absolute atomic E-state index is 0.104. The summed E-state index contributed by atoms with van der Waals surface area (Å²) in [6.45, 7) is 9.23. The van der Waals surface area contributed by atoms with Crippen molar-refractivity contribution in [2.45, 2.75) is 77.5 Å². The highest BCUT2D eigenvalue weighted by molar-refractivity contribution is 5.94. The number of benzene rings is 1. The lowest BCUT2D eigenvalue weighted by atomic mass is 9.98. The summed E-state index contributed by atoms with van der Waals surface area (Å²) in [6.07, 6.45) is 4.93. The van der Waals surface area contributed by atoms with Crippen LogP contribution in [0.25, 0.3) is 27.8 Å². The lowest BCUT2D eigenvalue weighted by Crippen LogP contribution is -2.55. The fourth-order valence-corrected chi connectivity index (χ4v) is 7.42. The maximum atomic E-state index is 14.0. The second-order valence-corrected chi connectivity index (χ2v) is 13.2. The highest BCUT2D eigenvalue weighted by atomic mass is 16.5. The van der Waals surface area contributed by atoms with Gasteiger partial charge in [-0.2, -0.15) is 5.10 Å². The summed E-state index contributed by atoms with van der Waals surface area (Å²) in [4.78, 5) is 34.3. The van der Waals surface area contributed by atoms with Crippen LogP contribution in [0.5, 0.6) is 5.88 Å². The monoisotopic (exact) mass is 570 g/mol. The Balaban J connectivity index is 1.27. The fraction of sp³-hybridized carbons (Fsp3) is 0.500. The van der Waals surface area contributed by atoms with Crippen molar-refractivity contribution in [2.75, 3.05) is 13.7 Å². The zero-order valence-electron chi connectivity index (χ0n) is 24.9. The highest BCUT2D eigenvalue weighted by Crippen LogP contribution is 2.44. The number of fused-ring (bicyclic) bond motifs is 4. The van der Waals surface area contributed by atoms with Gasteiger partial charge in [-0.05, 0) is 77.3 Å². The van der Waals surface area contributed by atoms with Crippen LogP contribution in [-0.2, 0) is 6.54 Å². The molecule has 2 unspecified atom stereocenters. The van der Waals surface area contributed by atoms with Crippen molar-refractivity contribution < 1.29 is 19.4 Å². The number of likely N-dealkylation sites (tertiary alicyclic amines) is 1. The van der Waals surface area contributed by atoms with E-state index in [0.29, 0.717) is 18.3 Å². The first kappa shape index (κ1) is 26.8. The van der Waals surface area contributed by atoms with Gasteiger partial charge in [0.15, 0.2) is 5.69 Å². The molecule has 2 amide bonds. The van der Waals surface area contributed by atoms with E-state index in [4.69, 9.17) is 9.84 Å². The number of amides is 2. The number of rotatable bonds is 6. The molecular formula is C32H38N6O4. The molecule has 7 rings (SSSR count). The van der Waals surface area contributed by atoms with Crippen LogP contribution in [0.2, 0.25) is 0 Å². The summed E-state index contributed by atoms with van der Waals surface area (Å²) in [5, 5.41) is 16.3. The van der Waals surface area contributed by atoms with Gasteiger partial charge < -0.3 is 19.3 Å². The summed E-state index contributed by atoms with van der Waals surface area (Å²) in [5.41, 5.74) is 4.45. The van der Waals surface area contributed by atoms with Crippen LogP contribution >= 0.6 is 0 Å². The van der Waals surface area contributed by atoms with E-state index < -0.39 is 11.6 Å². The molecule has 3 atom stereocenters. The van der Waals surface area contributed by atoms with Crippen LogP contribution in [0.3, 0.4) is 0 Å². The van der Waals surface area contributed by atoms with Gasteiger partial charge in [-0.25, -0.2) is 14.3 Å². The summed E-state index contributed by atoms with van der Waals surface area (Å²) in [5.74, 6) is 0.924. The molecule has 1 N–H and O–H groups in total. The van der Waals surface area contributed by atoms with E-state index in [-0.39, 0.29) is 29.6 Å². The Hall–Kier alpha value is -4.08. The lowest BCUT2D eigenvalue weighted by molar-refractivity contribution is 0.0501. The molecule has 10 nitrogen and oxygen atoms in total. The summed E-state index contributed by atoms with van der Waals surface area (Å²) >= 11 is 0. The Morgan fingerprint density at radius 2 is 1.90 bits per heavy atom. The number of piperidine rings is 1. The minimum Gasteiger partial charge on any atom is -0.479 e. The van der Waals surface area contributed by atoms with Crippen LogP contribution in [-0.4, -0.2) is 77.3 Å². The van der Waals surface area contributed by atoms with Gasteiger partial charge in [-0.15, -0.1) is 0 Å². The highest BCUT2D eigenvalue weighted by Gasteiger charge is 2.54. The molecule has 4 heterocycles. The van der Waals surface area contributed by atoms with E-state index in [1.54, 1.807) is 22.7 Å². The van der Waals surface area contributed by atoms with Crippen LogP contribution < -0.4 is 4.74 Å². The second kappa shape index (κ2) is 9.47. The van der Waals surface area contributed by atoms with Gasteiger partial charge in [0.2, 0.25) is 5.88 Å². The summed E-state index contributed by atoms with van der Waals surface area (Å²) in [7, 11) is 1.56. The maximum Gasteiger partial charge on any atom is 0.408 e. The number of aromatic nitrogens is 4. The van der Waals surface area contributed by atoms with Gasteiger partial charge in [0, 0.05) is 35.1 Å². The number of carbonyl (C=O) groups excluding carboxylic acids is 1. The third-order valence-electron chi connectivity index (χ3n) is 9.45. The number of nitrogens with zero attached hydrogens (tertiary/aromatic N) is 6. The topological polar surface area (TPSA) is 105 Å². The zero-order valence-corrected chi connectivity index (χ0v) is 24.9. The Labute approximate surface area is 244 Å². The van der Waals surface area contributed by atoms with E-state index in [2.05, 4.69) is 39.9 Å². The van der Waals surface area contributed by atoms with Crippen molar-refractivity contribution in [2.24, 2.45) is 11.8 Å². The first-order valence-electron chi connectivity index (χ1n) is 14.9. The molecule has 1 aliphatic heterocycles. The van der Waals surface area contributed by atoms with Crippen molar-refractivity contribution in [1.29, 1.82) is 0 Å². The average molecular weight is 571 g/mol. The normalized spacial score (nSPS) is 21.9. The number of methoxy groups -OCH3 is 1. The molecule has 1 saturated heterocycles. The Morgan fingerprint density at radius 3 is 2.60 bits per heavy atom. The van der Waals surface area contributed by atoms with Crippen LogP contribution in [0, 0.1) is 18.8 Å². The predicted molar refractivity (Wildman–Crippen MR) is 159 cm³/mol. The third-order valence-corrected chi connectivity index (χ3v) is 9.45. The van der Waals surface area contributed by atoms with Gasteiger partial charge in [0.25, 0.3) is 5.91 Å². The van der Waals surface area contributed by atoms with E-state index in [1.807, 2.05) is 32.6 Å². The van der Waals surface area contributed by atoms with Crippen molar-refractivity contribution >= 4 is 28.4 Å². The maximum absolute atomic E-state index is 14.0. The predicted octanol–water partition coefficient (Wildman–Crippen LogP) is 5.46. The Kier molecular flexibility index (Phi) is 6.04. The molecular weight excluding hydrogens is 532 g/mol. The molecule has 10 heteroatoms. The fourth-order valence-electron chi connectivity index (χ4n) is 7.42. The van der Waals surface area contributed by atoms with E-state index in [1.165, 1.54) is 23.7 Å². The molecule has 2 bridgehead atoms. The third kappa shape index (κ3) is 4.14. The number of carbonyl (C=O) groups is 2. The standard InChI is InChI=1S/C32H38N6O4/c1-18-26(25-14-20-8-6-7-9-23(20)35(25)15-19-10-11-19)34-37-17-22(33-29(42-5)27(18)37)30(39)36-16-21-12-13-24(36)28(21)38(31(40)41)32(2,3)4/h6-9,14,17,19,21,24,28H,10-13,15-16H2,1-5H3,(H,40,41)/t21?,24?,28-/m1/s1. The van der Waals surface area contributed by atoms with Gasteiger partial charge in [-0.3, -0.25) is 9.69 Å². The van der Waals surface area contributed by atoms with Gasteiger partial charge in [0.1, 0.15) is 11.2 Å². The number of carboxylic acid groups (broad SMARTS) is 1. The molecule has 2 aliphatic carbocycles. The molecule has 1 aromatic carbocycles. The Bertz CT molecular complexity index is 1730. The molecule has 42 heavy (non-hydrogen) atoms. The van der Waals surface area contributed by atoms with Gasteiger partial charge in [-0.1, -0.05) is 18.2 Å². The SMILES string of the molecule is COc1nc(C(=O)N2CC3CCC2[C@@H]3N(C(=O)O)C(C)(C)C)cn2nc(-c3cc4ccccc4n3CC3CC3)c(C)c12. The number of para-hydroxylation sites is 1. The van der Waals surface area contributed by atoms with Gasteiger partial charge in [0.05, 0.1) is 31.1 Å². The summed E-state index contributed by atoms with van der Waals surface area (Å²) in [6, 6.07) is 10.2. The van der Waals surface area contributed by atoms with Crippen molar-refractivity contribution in [3.63, 3.8) is 0 Å². The second-order valence-electron chi connectivity index (χ2n) is 13.2. The number of ether oxygens (including phenoxy) is 1. The van der Waals surface area contributed by atoms with Crippen LogP contribution in [0.4, 0.5) is 4.79 Å². The van der Waals surface area contributed by atoms with Crippen molar-refractivity contribution in [3.05, 3.63) is 47.8 Å². The van der Waals surface area contributed by atoms with E-state index in [0.717, 1.165) is 41.9 Å². The smallest absolute Gasteiger partial charge is 0.408 e. The van der Waals surface area contributed by atoms with Crippen LogP contribution in [0.1, 0.15) is 62.5 Å². The number of aryl methyl sites for hydroxylation is 1. The molecule has 3 aliphatic rings. The molecule has 220 valence electrons.